The van der Waals surface area contributed by atoms with Crippen LogP contribution in [0.15, 0.2) is 14.9 Å². The molecule has 0 aromatic carbocycles. The van der Waals surface area contributed by atoms with Gasteiger partial charge in [-0.05, 0) is 13.0 Å². The molecule has 0 saturated carbocycles. The van der Waals surface area contributed by atoms with Crippen molar-refractivity contribution in [3.8, 4) is 0 Å². The zero-order valence-corrected chi connectivity index (χ0v) is 14.5. The van der Waals surface area contributed by atoms with Crippen molar-refractivity contribution in [3.05, 3.63) is 34.9 Å². The van der Waals surface area contributed by atoms with Crippen LogP contribution in [-0.4, -0.2) is 40.7 Å². The molecule has 0 radical (unpaired) electrons. The van der Waals surface area contributed by atoms with Gasteiger partial charge in [0, 0.05) is 24.4 Å². The number of morpholine rings is 1. The molecule has 1 aliphatic rings. The van der Waals surface area contributed by atoms with E-state index in [1.165, 1.54) is 0 Å². The Labute approximate surface area is 141 Å². The summed E-state index contributed by atoms with van der Waals surface area (Å²) in [5.41, 5.74) is 0.861. The zero-order valence-electron chi connectivity index (χ0n) is 14.5. The van der Waals surface area contributed by atoms with E-state index in [-0.39, 0.29) is 11.8 Å². The van der Waals surface area contributed by atoms with E-state index in [9.17, 15) is 4.79 Å². The maximum atomic E-state index is 12.8. The molecule has 1 amide bonds. The minimum absolute atomic E-state index is 0.121. The standard InChI is InChI=1S/C17H23N3O4/c1-5-12-8-11(4)14(23-12)17(21)20-6-7-22-13(9-20)16-19-18-15(24-16)10(2)3/h8,10,13H,5-7,9H2,1-4H3/t13-/m1/s1. The van der Waals surface area contributed by atoms with Crippen molar-refractivity contribution >= 4 is 5.91 Å². The van der Waals surface area contributed by atoms with Crippen LogP contribution in [0.4, 0.5) is 0 Å². The van der Waals surface area contributed by atoms with Crippen LogP contribution in [0.25, 0.3) is 0 Å². The first-order valence-electron chi connectivity index (χ1n) is 8.33. The number of aromatic nitrogens is 2. The van der Waals surface area contributed by atoms with E-state index in [4.69, 9.17) is 13.6 Å². The van der Waals surface area contributed by atoms with Crippen LogP contribution in [0.1, 0.15) is 66.5 Å². The number of carbonyl (C=O) groups excluding carboxylic acids is 1. The molecule has 0 aliphatic carbocycles. The number of furan rings is 1. The first-order chi connectivity index (χ1) is 11.5. The molecule has 3 rings (SSSR count). The molecule has 24 heavy (non-hydrogen) atoms. The Bertz CT molecular complexity index is 719. The Balaban J connectivity index is 1.74. The van der Waals surface area contributed by atoms with Gasteiger partial charge in [-0.1, -0.05) is 20.8 Å². The lowest BCUT2D eigenvalue weighted by atomic mass is 10.2. The third-order valence-electron chi connectivity index (χ3n) is 4.09. The van der Waals surface area contributed by atoms with Crippen LogP contribution < -0.4 is 0 Å². The second-order valence-electron chi connectivity index (χ2n) is 6.32. The van der Waals surface area contributed by atoms with Gasteiger partial charge in [-0.25, -0.2) is 0 Å². The van der Waals surface area contributed by atoms with E-state index in [1.54, 1.807) is 4.90 Å². The van der Waals surface area contributed by atoms with Gasteiger partial charge < -0.3 is 18.5 Å². The van der Waals surface area contributed by atoms with Crippen molar-refractivity contribution in [2.24, 2.45) is 0 Å². The lowest BCUT2D eigenvalue weighted by Gasteiger charge is -2.30. The molecular formula is C17H23N3O4. The summed E-state index contributed by atoms with van der Waals surface area (Å²) in [4.78, 5) is 14.5. The quantitative estimate of drug-likeness (QED) is 0.856. The number of aryl methyl sites for hydroxylation is 2. The minimum atomic E-state index is -0.399. The van der Waals surface area contributed by atoms with Crippen LogP contribution in [0.2, 0.25) is 0 Å². The predicted molar refractivity (Wildman–Crippen MR) is 85.8 cm³/mol. The van der Waals surface area contributed by atoms with Crippen molar-refractivity contribution in [1.82, 2.24) is 15.1 Å². The summed E-state index contributed by atoms with van der Waals surface area (Å²) in [6.07, 6.45) is 0.364. The molecule has 1 atom stereocenters. The van der Waals surface area contributed by atoms with Crippen molar-refractivity contribution in [3.63, 3.8) is 0 Å². The number of amides is 1. The van der Waals surface area contributed by atoms with Crippen molar-refractivity contribution in [2.75, 3.05) is 19.7 Å². The third kappa shape index (κ3) is 3.21. The van der Waals surface area contributed by atoms with E-state index in [2.05, 4.69) is 10.2 Å². The first kappa shape index (κ1) is 16.7. The van der Waals surface area contributed by atoms with Gasteiger partial charge in [0.2, 0.25) is 11.8 Å². The summed E-state index contributed by atoms with van der Waals surface area (Å²) < 4.78 is 17.0. The van der Waals surface area contributed by atoms with Gasteiger partial charge in [0.05, 0.1) is 13.2 Å². The smallest absolute Gasteiger partial charge is 0.290 e. The summed E-state index contributed by atoms with van der Waals surface area (Å²) in [7, 11) is 0. The highest BCUT2D eigenvalue weighted by Crippen LogP contribution is 2.25. The zero-order chi connectivity index (χ0) is 17.3. The van der Waals surface area contributed by atoms with E-state index >= 15 is 0 Å². The fourth-order valence-electron chi connectivity index (χ4n) is 2.67. The largest absolute Gasteiger partial charge is 0.456 e. The van der Waals surface area contributed by atoms with Crippen LogP contribution in [0.5, 0.6) is 0 Å². The van der Waals surface area contributed by atoms with Crippen molar-refractivity contribution < 1.29 is 18.4 Å². The summed E-state index contributed by atoms with van der Waals surface area (Å²) in [6.45, 7) is 9.18. The van der Waals surface area contributed by atoms with Crippen LogP contribution in [-0.2, 0) is 11.2 Å². The number of rotatable bonds is 4. The Morgan fingerprint density at radius 1 is 1.38 bits per heavy atom. The highest BCUT2D eigenvalue weighted by Gasteiger charge is 2.31. The molecule has 1 aliphatic heterocycles. The maximum absolute atomic E-state index is 12.8. The average molecular weight is 333 g/mol. The van der Waals surface area contributed by atoms with E-state index in [0.29, 0.717) is 37.2 Å². The molecule has 0 spiro atoms. The molecule has 7 nitrogen and oxygen atoms in total. The third-order valence-corrected chi connectivity index (χ3v) is 4.09. The molecular weight excluding hydrogens is 310 g/mol. The van der Waals surface area contributed by atoms with Crippen molar-refractivity contribution in [1.29, 1.82) is 0 Å². The second-order valence-corrected chi connectivity index (χ2v) is 6.32. The average Bonchev–Trinajstić information content (AvgIpc) is 3.21. The Morgan fingerprint density at radius 2 is 2.17 bits per heavy atom. The van der Waals surface area contributed by atoms with Crippen LogP contribution in [0.3, 0.4) is 0 Å². The van der Waals surface area contributed by atoms with Crippen LogP contribution >= 0.6 is 0 Å². The number of ether oxygens (including phenoxy) is 1. The number of hydrogen-bond acceptors (Lipinski definition) is 6. The molecule has 2 aromatic rings. The molecule has 1 saturated heterocycles. The fraction of sp³-hybridized carbons (Fsp3) is 0.588. The fourth-order valence-corrected chi connectivity index (χ4v) is 2.67. The minimum Gasteiger partial charge on any atom is -0.456 e. The van der Waals surface area contributed by atoms with Gasteiger partial charge in [-0.2, -0.15) is 0 Å². The molecule has 0 N–H and O–H groups in total. The number of nitrogens with zero attached hydrogens (tertiary/aromatic N) is 3. The van der Waals surface area contributed by atoms with Gasteiger partial charge >= 0.3 is 0 Å². The first-order valence-corrected chi connectivity index (χ1v) is 8.33. The lowest BCUT2D eigenvalue weighted by molar-refractivity contribution is -0.0359. The van der Waals surface area contributed by atoms with Gasteiger partial charge in [-0.3, -0.25) is 4.79 Å². The Kier molecular flexibility index (Phi) is 4.71. The maximum Gasteiger partial charge on any atom is 0.290 e. The van der Waals surface area contributed by atoms with Gasteiger partial charge in [-0.15, -0.1) is 10.2 Å². The SMILES string of the molecule is CCc1cc(C)c(C(=O)N2CCO[C@@H](c3nnc(C(C)C)o3)C2)o1. The van der Waals surface area contributed by atoms with Gasteiger partial charge in [0.25, 0.3) is 5.91 Å². The second kappa shape index (κ2) is 6.76. The summed E-state index contributed by atoms with van der Waals surface area (Å²) in [5.74, 6) is 2.25. The highest BCUT2D eigenvalue weighted by molar-refractivity contribution is 5.93. The molecule has 0 unspecified atom stereocenters. The Morgan fingerprint density at radius 3 is 2.79 bits per heavy atom. The van der Waals surface area contributed by atoms with E-state index in [1.807, 2.05) is 33.8 Å². The molecule has 7 heteroatoms. The number of carbonyl (C=O) groups is 1. The summed E-state index contributed by atoms with van der Waals surface area (Å²) >= 11 is 0. The van der Waals surface area contributed by atoms with E-state index < -0.39 is 6.10 Å². The molecule has 0 bridgehead atoms. The number of hydrogen-bond donors (Lipinski definition) is 0. The molecule has 3 heterocycles. The van der Waals surface area contributed by atoms with Crippen LogP contribution in [0, 0.1) is 6.92 Å². The molecule has 2 aromatic heterocycles. The normalized spacial score (nSPS) is 18.4. The monoisotopic (exact) mass is 333 g/mol. The topological polar surface area (TPSA) is 81.6 Å². The Hall–Kier alpha value is -2.15. The van der Waals surface area contributed by atoms with E-state index in [0.717, 1.165) is 17.7 Å². The van der Waals surface area contributed by atoms with Gasteiger partial charge in [0.1, 0.15) is 5.76 Å². The predicted octanol–water partition coefficient (Wildman–Crippen LogP) is 2.87. The molecule has 1 fully saturated rings. The summed E-state index contributed by atoms with van der Waals surface area (Å²) in [5, 5.41) is 8.09. The highest BCUT2D eigenvalue weighted by atomic mass is 16.5. The lowest BCUT2D eigenvalue weighted by Crippen LogP contribution is -2.42. The molecule has 130 valence electrons. The van der Waals surface area contributed by atoms with Crippen molar-refractivity contribution in [2.45, 2.75) is 46.1 Å². The van der Waals surface area contributed by atoms with Gasteiger partial charge in [0.15, 0.2) is 11.9 Å². The summed E-state index contributed by atoms with van der Waals surface area (Å²) in [6, 6.07) is 1.91.